The summed E-state index contributed by atoms with van der Waals surface area (Å²) < 4.78 is 15.5. The Hall–Kier alpha value is -0.257. The number of hydrogen-bond donors (Lipinski definition) is 0. The van der Waals surface area contributed by atoms with E-state index >= 15 is 0 Å². The molecule has 0 heterocycles. The molecule has 1 rings (SSSR count). The average molecular weight is 221 g/mol. The predicted octanol–water partition coefficient (Wildman–Crippen LogP) is 2.44. The maximum atomic E-state index is 10.5. The maximum absolute atomic E-state index is 10.5. The molecule has 1 aromatic rings. The normalized spacial score (nSPS) is 9.73. The minimum atomic E-state index is -1.53. The van der Waals surface area contributed by atoms with Gasteiger partial charge in [-0.1, -0.05) is 18.2 Å². The maximum Gasteiger partial charge on any atom is 0.552 e. The van der Waals surface area contributed by atoms with E-state index in [2.05, 4.69) is 0 Å². The van der Waals surface area contributed by atoms with Crippen molar-refractivity contribution in [2.24, 2.45) is 0 Å². The second kappa shape index (κ2) is 5.40. The van der Waals surface area contributed by atoms with Crippen molar-refractivity contribution in [1.82, 2.24) is 0 Å². The SMILES string of the molecule is C[P+](=O)Oc1ccccc1.[Zn]. The Morgan fingerprint density at radius 3 is 2.27 bits per heavy atom. The van der Waals surface area contributed by atoms with Crippen molar-refractivity contribution in [3.05, 3.63) is 30.3 Å². The van der Waals surface area contributed by atoms with E-state index in [0.29, 0.717) is 5.75 Å². The molecule has 11 heavy (non-hydrogen) atoms. The van der Waals surface area contributed by atoms with Crippen LogP contribution in [-0.2, 0) is 24.0 Å². The van der Waals surface area contributed by atoms with Gasteiger partial charge in [-0.2, -0.15) is 0 Å². The molecule has 0 radical (unpaired) electrons. The van der Waals surface area contributed by atoms with Crippen LogP contribution in [0.2, 0.25) is 0 Å². The van der Waals surface area contributed by atoms with Gasteiger partial charge in [0.1, 0.15) is 0 Å². The van der Waals surface area contributed by atoms with Gasteiger partial charge in [0.2, 0.25) is 0 Å². The molecule has 0 aromatic heterocycles. The number of benzene rings is 1. The summed E-state index contributed by atoms with van der Waals surface area (Å²) >= 11 is 0. The van der Waals surface area contributed by atoms with Gasteiger partial charge in [-0.05, 0) is 16.7 Å². The van der Waals surface area contributed by atoms with Crippen LogP contribution in [-0.4, -0.2) is 6.66 Å². The van der Waals surface area contributed by atoms with E-state index in [0.717, 1.165) is 0 Å². The van der Waals surface area contributed by atoms with Crippen LogP contribution in [0.5, 0.6) is 5.75 Å². The van der Waals surface area contributed by atoms with Crippen LogP contribution in [0.4, 0.5) is 0 Å². The standard InChI is InChI=1S/C7H8O2P.Zn/c1-10(8)9-7-5-3-2-4-6-7;/h2-6H,1H3;/q+1;. The van der Waals surface area contributed by atoms with E-state index in [1.807, 2.05) is 18.2 Å². The predicted molar refractivity (Wildman–Crippen MR) is 40.6 cm³/mol. The van der Waals surface area contributed by atoms with Crippen LogP contribution in [0.15, 0.2) is 30.3 Å². The van der Waals surface area contributed by atoms with Crippen molar-refractivity contribution in [3.63, 3.8) is 0 Å². The van der Waals surface area contributed by atoms with Crippen LogP contribution in [0.3, 0.4) is 0 Å². The largest absolute Gasteiger partial charge is 0.552 e. The first-order valence-corrected chi connectivity index (χ1v) is 4.55. The summed E-state index contributed by atoms with van der Waals surface area (Å²) in [6, 6.07) is 9.12. The fourth-order valence-electron chi connectivity index (χ4n) is 0.630. The Morgan fingerprint density at radius 1 is 1.27 bits per heavy atom. The van der Waals surface area contributed by atoms with Gasteiger partial charge in [0.25, 0.3) is 0 Å². The fourth-order valence-corrected chi connectivity index (χ4v) is 1.05. The summed E-state index contributed by atoms with van der Waals surface area (Å²) in [5, 5.41) is 0. The summed E-state index contributed by atoms with van der Waals surface area (Å²) in [6.07, 6.45) is 0. The molecule has 1 atom stereocenters. The molecule has 1 aromatic carbocycles. The van der Waals surface area contributed by atoms with Crippen LogP contribution in [0, 0.1) is 0 Å². The van der Waals surface area contributed by atoms with Gasteiger partial charge in [-0.25, -0.2) is 0 Å². The molecule has 2 nitrogen and oxygen atoms in total. The zero-order valence-electron chi connectivity index (χ0n) is 6.36. The van der Waals surface area contributed by atoms with E-state index in [4.69, 9.17) is 4.52 Å². The Morgan fingerprint density at radius 2 is 1.82 bits per heavy atom. The molecule has 0 saturated heterocycles. The summed E-state index contributed by atoms with van der Waals surface area (Å²) in [5.74, 6) is 0.658. The molecule has 0 bridgehead atoms. The van der Waals surface area contributed by atoms with Gasteiger partial charge in [0.15, 0.2) is 12.4 Å². The molecule has 0 aliphatic rings. The molecule has 0 aliphatic carbocycles. The molecule has 1 unspecified atom stereocenters. The van der Waals surface area contributed by atoms with Gasteiger partial charge in [-0.3, -0.25) is 4.52 Å². The second-order valence-electron chi connectivity index (χ2n) is 1.84. The van der Waals surface area contributed by atoms with Crippen molar-refractivity contribution < 1.29 is 28.6 Å². The van der Waals surface area contributed by atoms with Crippen LogP contribution >= 0.6 is 8.03 Å². The van der Waals surface area contributed by atoms with Gasteiger partial charge in [0.05, 0.1) is 0 Å². The third-order valence-corrected chi connectivity index (χ3v) is 1.45. The Bertz CT molecular complexity index is 225. The van der Waals surface area contributed by atoms with E-state index in [1.54, 1.807) is 12.1 Å². The minimum absolute atomic E-state index is 0. The van der Waals surface area contributed by atoms with E-state index in [9.17, 15) is 4.57 Å². The smallest absolute Gasteiger partial charge is 0.255 e. The van der Waals surface area contributed by atoms with Crippen molar-refractivity contribution in [3.8, 4) is 5.75 Å². The van der Waals surface area contributed by atoms with Gasteiger partial charge >= 0.3 is 8.03 Å². The summed E-state index contributed by atoms with van der Waals surface area (Å²) in [5.41, 5.74) is 0. The first kappa shape index (κ1) is 10.7. The second-order valence-corrected chi connectivity index (χ2v) is 2.91. The summed E-state index contributed by atoms with van der Waals surface area (Å²) in [6.45, 7) is 1.53. The van der Waals surface area contributed by atoms with Crippen molar-refractivity contribution in [2.45, 2.75) is 0 Å². The van der Waals surface area contributed by atoms with Crippen molar-refractivity contribution >= 4 is 8.03 Å². The van der Waals surface area contributed by atoms with E-state index < -0.39 is 8.03 Å². The van der Waals surface area contributed by atoms with Gasteiger partial charge < -0.3 is 0 Å². The Kier molecular flexibility index (Phi) is 5.28. The zero-order chi connectivity index (χ0) is 7.40. The first-order valence-electron chi connectivity index (χ1n) is 2.93. The van der Waals surface area contributed by atoms with Crippen LogP contribution in [0.1, 0.15) is 0 Å². The van der Waals surface area contributed by atoms with Crippen molar-refractivity contribution in [2.75, 3.05) is 6.66 Å². The van der Waals surface area contributed by atoms with Gasteiger partial charge in [-0.15, -0.1) is 0 Å². The first-order chi connectivity index (χ1) is 4.79. The molecule has 4 heteroatoms. The Labute approximate surface area is 79.6 Å². The van der Waals surface area contributed by atoms with Crippen LogP contribution in [0.25, 0.3) is 0 Å². The fraction of sp³-hybridized carbons (Fsp3) is 0.143. The molecule has 0 spiro atoms. The number of hydrogen-bond acceptors (Lipinski definition) is 2. The summed E-state index contributed by atoms with van der Waals surface area (Å²) in [7, 11) is -1.53. The van der Waals surface area contributed by atoms with E-state index in [1.165, 1.54) is 6.66 Å². The zero-order valence-corrected chi connectivity index (χ0v) is 10.2. The third kappa shape index (κ3) is 4.24. The molecule has 0 saturated carbocycles. The minimum Gasteiger partial charge on any atom is -0.255 e. The monoisotopic (exact) mass is 219 g/mol. The quantitative estimate of drug-likeness (QED) is 0.565. The molecule has 0 aliphatic heterocycles. The van der Waals surface area contributed by atoms with E-state index in [-0.39, 0.29) is 19.5 Å². The third-order valence-electron chi connectivity index (χ3n) is 0.977. The Balaban J connectivity index is 0.000001000. The molecule has 0 N–H and O–H groups in total. The molecule has 54 valence electrons. The summed E-state index contributed by atoms with van der Waals surface area (Å²) in [4.78, 5) is 0. The molecular formula is C7H8O2PZn+. The average Bonchev–Trinajstić information content (AvgIpc) is 1.88. The van der Waals surface area contributed by atoms with Crippen LogP contribution < -0.4 is 4.52 Å². The number of para-hydroxylation sites is 1. The molecule has 0 fully saturated rings. The number of rotatable bonds is 2. The molecular weight excluding hydrogens is 212 g/mol. The molecule has 0 amide bonds. The van der Waals surface area contributed by atoms with Gasteiger partial charge in [0, 0.05) is 19.5 Å². The van der Waals surface area contributed by atoms with Crippen molar-refractivity contribution in [1.29, 1.82) is 0 Å². The topological polar surface area (TPSA) is 26.3 Å².